The lowest BCUT2D eigenvalue weighted by atomic mass is 9.96. The minimum Gasteiger partial charge on any atom is -0.480 e. The van der Waals surface area contributed by atoms with Crippen molar-refractivity contribution in [3.63, 3.8) is 0 Å². The number of aliphatic carboxylic acids is 1. The molecule has 188 valence electrons. The molecule has 5 atom stereocenters. The molecule has 0 radical (unpaired) electrons. The molecule has 0 saturated heterocycles. The molecule has 0 saturated carbocycles. The molecule has 10 heteroatoms. The molecule has 0 aliphatic carbocycles. The number of ether oxygens (including phenoxy) is 1. The third-order valence-electron chi connectivity index (χ3n) is 5.90. The summed E-state index contributed by atoms with van der Waals surface area (Å²) in [6.07, 6.45) is -5.44. The number of aliphatic hydroxyl groups excluding tert-OH is 5. The first-order chi connectivity index (χ1) is 16.5. The normalized spacial score (nSPS) is 15.9. The maximum absolute atomic E-state index is 12.7. The summed E-state index contributed by atoms with van der Waals surface area (Å²) < 4.78 is 6.51. The smallest absolute Gasteiger partial charge is 0.323 e. The first kappa shape index (κ1) is 26.3. The summed E-state index contributed by atoms with van der Waals surface area (Å²) in [5, 5.41) is 59.5. The summed E-state index contributed by atoms with van der Waals surface area (Å²) in [5.74, 6) is -1.61. The average Bonchev–Trinajstić information content (AvgIpc) is 2.84. The molecule has 2 aromatic carbocycles. The molecule has 10 nitrogen and oxygen atoms in total. The largest absolute Gasteiger partial charge is 0.480 e. The van der Waals surface area contributed by atoms with E-state index in [0.29, 0.717) is 21.9 Å². The standard InChI is InChI=1S/C25H29NO9/c1-13-9-16(5-6-19(13)35-25(34)23(32)22(31)21(30)14(2)12-27)17-4-3-15-7-8-26(11-20(28)29)24(33)18(15)10-17/h3-10,14,21-23,25,27,30-32,34H,11-12H2,1-2H3,(H,28,29). The molecule has 0 spiro atoms. The van der Waals surface area contributed by atoms with Gasteiger partial charge in [-0.25, -0.2) is 0 Å². The van der Waals surface area contributed by atoms with E-state index < -0.39 is 55.2 Å². The number of aliphatic hydroxyl groups is 5. The average molecular weight is 488 g/mol. The zero-order valence-corrected chi connectivity index (χ0v) is 19.3. The molecule has 3 rings (SSSR count). The minimum atomic E-state index is -1.84. The van der Waals surface area contributed by atoms with Crippen LogP contribution in [0.5, 0.6) is 5.75 Å². The monoisotopic (exact) mass is 487 g/mol. The molecule has 0 aliphatic rings. The Labute approximate surface area is 200 Å². The fourth-order valence-electron chi connectivity index (χ4n) is 3.71. The molecule has 0 bridgehead atoms. The number of carboxylic acid groups (broad SMARTS) is 1. The number of benzene rings is 2. The van der Waals surface area contributed by atoms with Gasteiger partial charge in [-0.3, -0.25) is 9.59 Å². The summed E-state index contributed by atoms with van der Waals surface area (Å²) in [5.41, 5.74) is 1.60. The number of carboxylic acids is 1. The van der Waals surface area contributed by atoms with Crippen molar-refractivity contribution < 1.29 is 40.2 Å². The van der Waals surface area contributed by atoms with Crippen molar-refractivity contribution in [2.75, 3.05) is 6.61 Å². The van der Waals surface area contributed by atoms with Gasteiger partial charge in [-0.05, 0) is 53.3 Å². The predicted octanol–water partition coefficient (Wildman–Crippen LogP) is 0.470. The van der Waals surface area contributed by atoms with Crippen molar-refractivity contribution in [2.24, 2.45) is 5.92 Å². The van der Waals surface area contributed by atoms with E-state index in [9.17, 15) is 30.0 Å². The predicted molar refractivity (Wildman–Crippen MR) is 127 cm³/mol. The topological polar surface area (TPSA) is 170 Å². The molecule has 1 heterocycles. The Balaban J connectivity index is 1.83. The van der Waals surface area contributed by atoms with E-state index in [0.717, 1.165) is 10.1 Å². The molecule has 1 aromatic heterocycles. The van der Waals surface area contributed by atoms with Crippen LogP contribution in [0.2, 0.25) is 0 Å². The van der Waals surface area contributed by atoms with Gasteiger partial charge in [-0.1, -0.05) is 25.1 Å². The third-order valence-corrected chi connectivity index (χ3v) is 5.90. The van der Waals surface area contributed by atoms with Gasteiger partial charge in [0.15, 0.2) is 0 Å². The number of aryl methyl sites for hydroxylation is 1. The van der Waals surface area contributed by atoms with Crippen LogP contribution in [-0.4, -0.2) is 72.4 Å². The first-order valence-electron chi connectivity index (χ1n) is 11.0. The van der Waals surface area contributed by atoms with Gasteiger partial charge in [0, 0.05) is 24.1 Å². The van der Waals surface area contributed by atoms with E-state index in [1.54, 1.807) is 43.3 Å². The van der Waals surface area contributed by atoms with Gasteiger partial charge >= 0.3 is 5.97 Å². The minimum absolute atomic E-state index is 0.224. The fourth-order valence-corrected chi connectivity index (χ4v) is 3.71. The molecule has 6 N–H and O–H groups in total. The lowest BCUT2D eigenvalue weighted by molar-refractivity contribution is -0.172. The van der Waals surface area contributed by atoms with Gasteiger partial charge < -0.3 is 39.9 Å². The highest BCUT2D eigenvalue weighted by Crippen LogP contribution is 2.29. The van der Waals surface area contributed by atoms with Gasteiger partial charge in [0.2, 0.25) is 6.29 Å². The van der Waals surface area contributed by atoms with Crippen LogP contribution in [0, 0.1) is 12.8 Å². The van der Waals surface area contributed by atoms with Crippen LogP contribution in [0.4, 0.5) is 0 Å². The molecule has 0 fully saturated rings. The number of fused-ring (bicyclic) bond motifs is 1. The van der Waals surface area contributed by atoms with Gasteiger partial charge in [0.25, 0.3) is 5.56 Å². The van der Waals surface area contributed by atoms with Crippen LogP contribution in [-0.2, 0) is 11.3 Å². The Kier molecular flexibility index (Phi) is 8.26. The molecule has 0 aliphatic heterocycles. The molecule has 0 amide bonds. The highest BCUT2D eigenvalue weighted by Gasteiger charge is 2.34. The highest BCUT2D eigenvalue weighted by atomic mass is 16.6. The second kappa shape index (κ2) is 11.0. The molecule has 5 unspecified atom stereocenters. The number of carbonyl (C=O) groups is 1. The van der Waals surface area contributed by atoms with E-state index in [1.165, 1.54) is 13.1 Å². The summed E-state index contributed by atoms with van der Waals surface area (Å²) in [6.45, 7) is 2.33. The molecule has 3 aromatic rings. The van der Waals surface area contributed by atoms with Crippen molar-refractivity contribution in [3.05, 3.63) is 64.6 Å². The third kappa shape index (κ3) is 5.87. The second-order valence-electron chi connectivity index (χ2n) is 8.56. The van der Waals surface area contributed by atoms with Crippen molar-refractivity contribution >= 4 is 16.7 Å². The van der Waals surface area contributed by atoms with E-state index >= 15 is 0 Å². The fraction of sp³-hybridized carbons (Fsp3) is 0.360. The highest BCUT2D eigenvalue weighted by molar-refractivity contribution is 5.87. The van der Waals surface area contributed by atoms with Crippen LogP contribution in [0.3, 0.4) is 0 Å². The summed E-state index contributed by atoms with van der Waals surface area (Å²) in [7, 11) is 0. The summed E-state index contributed by atoms with van der Waals surface area (Å²) in [4.78, 5) is 23.7. The Morgan fingerprint density at radius 2 is 1.63 bits per heavy atom. The van der Waals surface area contributed by atoms with Crippen LogP contribution in [0.25, 0.3) is 21.9 Å². The Morgan fingerprint density at radius 3 is 2.26 bits per heavy atom. The van der Waals surface area contributed by atoms with Crippen molar-refractivity contribution in [3.8, 4) is 16.9 Å². The van der Waals surface area contributed by atoms with Crippen LogP contribution in [0.15, 0.2) is 53.5 Å². The molecular weight excluding hydrogens is 458 g/mol. The maximum atomic E-state index is 12.7. The van der Waals surface area contributed by atoms with Crippen molar-refractivity contribution in [1.82, 2.24) is 4.57 Å². The Hall–Kier alpha value is -3.28. The van der Waals surface area contributed by atoms with Crippen LogP contribution < -0.4 is 10.3 Å². The van der Waals surface area contributed by atoms with Gasteiger partial charge in [-0.2, -0.15) is 0 Å². The van der Waals surface area contributed by atoms with Gasteiger partial charge in [0.05, 0.1) is 6.10 Å². The number of nitrogens with zero attached hydrogens (tertiary/aromatic N) is 1. The molecule has 35 heavy (non-hydrogen) atoms. The summed E-state index contributed by atoms with van der Waals surface area (Å²) in [6, 6.07) is 11.9. The SMILES string of the molecule is Cc1cc(-c2ccc3ccn(CC(=O)O)c(=O)c3c2)ccc1OC(O)C(O)C(O)C(O)C(C)CO. The van der Waals surface area contributed by atoms with Gasteiger partial charge in [-0.15, -0.1) is 0 Å². The van der Waals surface area contributed by atoms with E-state index in [-0.39, 0.29) is 5.75 Å². The zero-order valence-electron chi connectivity index (χ0n) is 19.3. The number of aromatic nitrogens is 1. The zero-order chi connectivity index (χ0) is 25.9. The Morgan fingerprint density at radius 1 is 0.971 bits per heavy atom. The van der Waals surface area contributed by atoms with E-state index in [1.807, 2.05) is 6.07 Å². The number of hydrogen-bond donors (Lipinski definition) is 6. The number of pyridine rings is 1. The first-order valence-corrected chi connectivity index (χ1v) is 11.0. The molecular formula is C25H29NO9. The lowest BCUT2D eigenvalue weighted by Gasteiger charge is -2.29. The second-order valence-corrected chi connectivity index (χ2v) is 8.56. The summed E-state index contributed by atoms with van der Waals surface area (Å²) >= 11 is 0. The number of hydrogen-bond acceptors (Lipinski definition) is 8. The van der Waals surface area contributed by atoms with Crippen LogP contribution >= 0.6 is 0 Å². The quantitative estimate of drug-likeness (QED) is 0.223. The van der Waals surface area contributed by atoms with E-state index in [2.05, 4.69) is 0 Å². The number of rotatable bonds is 10. The van der Waals surface area contributed by atoms with E-state index in [4.69, 9.17) is 14.9 Å². The van der Waals surface area contributed by atoms with Crippen LogP contribution in [0.1, 0.15) is 12.5 Å². The lowest BCUT2D eigenvalue weighted by Crippen LogP contribution is -2.49. The van der Waals surface area contributed by atoms with Crippen molar-refractivity contribution in [2.45, 2.75) is 45.0 Å². The maximum Gasteiger partial charge on any atom is 0.323 e. The van der Waals surface area contributed by atoms with Gasteiger partial charge in [0.1, 0.15) is 24.5 Å². The Bertz CT molecular complexity index is 1260. The van der Waals surface area contributed by atoms with Crippen molar-refractivity contribution in [1.29, 1.82) is 0 Å².